The van der Waals surface area contributed by atoms with Crippen molar-refractivity contribution in [2.24, 2.45) is 11.7 Å². The van der Waals surface area contributed by atoms with E-state index in [0.29, 0.717) is 24.3 Å². The first kappa shape index (κ1) is 13.4. The standard InChI is InChI=1S/C10H20N2O.CH4/c1-8(2)7-10(13)12-5-3-9(11)4-6-12;/h8-9H,3-7,11H2,1-2H3;1H4. The van der Waals surface area contributed by atoms with Crippen molar-refractivity contribution < 1.29 is 4.79 Å². The van der Waals surface area contributed by atoms with E-state index in [4.69, 9.17) is 5.73 Å². The van der Waals surface area contributed by atoms with Crippen LogP contribution in [0, 0.1) is 5.92 Å². The van der Waals surface area contributed by atoms with Gasteiger partial charge < -0.3 is 10.6 Å². The SMILES string of the molecule is C.CC(C)CC(=O)N1CCC(N)CC1. The number of nitrogens with zero attached hydrogens (tertiary/aromatic N) is 1. The van der Waals surface area contributed by atoms with Crippen molar-refractivity contribution in [3.63, 3.8) is 0 Å². The van der Waals surface area contributed by atoms with E-state index in [1.807, 2.05) is 4.90 Å². The molecule has 0 unspecified atom stereocenters. The molecule has 1 fully saturated rings. The van der Waals surface area contributed by atoms with Crippen molar-refractivity contribution in [3.05, 3.63) is 0 Å². The number of amides is 1. The van der Waals surface area contributed by atoms with Gasteiger partial charge in [-0.1, -0.05) is 21.3 Å². The van der Waals surface area contributed by atoms with E-state index < -0.39 is 0 Å². The second kappa shape index (κ2) is 6.02. The van der Waals surface area contributed by atoms with Crippen LogP contribution in [-0.2, 0) is 4.79 Å². The zero-order valence-electron chi connectivity index (χ0n) is 8.62. The number of carbonyl (C=O) groups excluding carboxylic acids is 1. The third-order valence-electron chi connectivity index (χ3n) is 2.48. The van der Waals surface area contributed by atoms with Crippen LogP contribution in [0.5, 0.6) is 0 Å². The molecule has 0 bridgehead atoms. The number of hydrogen-bond donors (Lipinski definition) is 1. The lowest BCUT2D eigenvalue weighted by Gasteiger charge is -2.30. The third-order valence-corrected chi connectivity index (χ3v) is 2.48. The molecule has 3 heteroatoms. The van der Waals surface area contributed by atoms with Crippen LogP contribution in [0.3, 0.4) is 0 Å². The molecule has 0 saturated carbocycles. The van der Waals surface area contributed by atoms with Gasteiger partial charge in [0.05, 0.1) is 0 Å². The first-order chi connectivity index (χ1) is 6.09. The minimum atomic E-state index is 0. The summed E-state index contributed by atoms with van der Waals surface area (Å²) in [6.45, 7) is 5.86. The van der Waals surface area contributed by atoms with Gasteiger partial charge in [-0.25, -0.2) is 0 Å². The first-order valence-corrected chi connectivity index (χ1v) is 5.13. The zero-order valence-corrected chi connectivity index (χ0v) is 8.62. The second-order valence-electron chi connectivity index (χ2n) is 4.32. The van der Waals surface area contributed by atoms with Crippen LogP contribution >= 0.6 is 0 Å². The van der Waals surface area contributed by atoms with Crippen molar-refractivity contribution >= 4 is 5.91 Å². The minimum Gasteiger partial charge on any atom is -0.343 e. The fourth-order valence-corrected chi connectivity index (χ4v) is 1.63. The van der Waals surface area contributed by atoms with E-state index in [1.54, 1.807) is 0 Å². The maximum Gasteiger partial charge on any atom is 0.222 e. The third kappa shape index (κ3) is 4.09. The highest BCUT2D eigenvalue weighted by molar-refractivity contribution is 5.76. The zero-order chi connectivity index (χ0) is 9.84. The smallest absolute Gasteiger partial charge is 0.222 e. The first-order valence-electron chi connectivity index (χ1n) is 5.13. The average Bonchev–Trinajstić information content (AvgIpc) is 2.04. The molecule has 1 heterocycles. The Balaban J connectivity index is 0.00000169. The van der Waals surface area contributed by atoms with Crippen LogP contribution in [0.2, 0.25) is 0 Å². The van der Waals surface area contributed by atoms with Crippen LogP contribution in [0.1, 0.15) is 40.5 Å². The normalized spacial score (nSPS) is 18.1. The predicted octanol–water partition coefficient (Wildman–Crippen LogP) is 1.62. The molecule has 2 N–H and O–H groups in total. The van der Waals surface area contributed by atoms with Crippen molar-refractivity contribution in [2.75, 3.05) is 13.1 Å². The second-order valence-corrected chi connectivity index (χ2v) is 4.32. The van der Waals surface area contributed by atoms with Gasteiger partial charge in [-0.15, -0.1) is 0 Å². The van der Waals surface area contributed by atoms with Gasteiger partial charge >= 0.3 is 0 Å². The summed E-state index contributed by atoms with van der Waals surface area (Å²) in [5, 5.41) is 0. The Bertz CT molecular complexity index is 172. The molecule has 84 valence electrons. The maximum absolute atomic E-state index is 11.6. The number of hydrogen-bond acceptors (Lipinski definition) is 2. The van der Waals surface area contributed by atoms with E-state index in [9.17, 15) is 4.79 Å². The van der Waals surface area contributed by atoms with Crippen molar-refractivity contribution in [1.82, 2.24) is 4.90 Å². The lowest BCUT2D eigenvalue weighted by atomic mass is 10.0. The van der Waals surface area contributed by atoms with Gasteiger partial charge in [-0.05, 0) is 18.8 Å². The van der Waals surface area contributed by atoms with Crippen LogP contribution in [0.25, 0.3) is 0 Å². The fourth-order valence-electron chi connectivity index (χ4n) is 1.63. The van der Waals surface area contributed by atoms with Crippen LogP contribution in [0.15, 0.2) is 0 Å². The van der Waals surface area contributed by atoms with E-state index in [-0.39, 0.29) is 7.43 Å². The Labute approximate surface area is 87.6 Å². The largest absolute Gasteiger partial charge is 0.343 e. The molecule has 0 aromatic carbocycles. The maximum atomic E-state index is 11.6. The molecule has 1 aliphatic rings. The number of rotatable bonds is 2. The molecule has 0 radical (unpaired) electrons. The Hall–Kier alpha value is -0.570. The highest BCUT2D eigenvalue weighted by Crippen LogP contribution is 2.11. The van der Waals surface area contributed by atoms with Gasteiger partial charge in [0.25, 0.3) is 0 Å². The lowest BCUT2D eigenvalue weighted by Crippen LogP contribution is -2.43. The molecule has 0 aromatic rings. The summed E-state index contributed by atoms with van der Waals surface area (Å²) in [6, 6.07) is 0.308. The summed E-state index contributed by atoms with van der Waals surface area (Å²) in [7, 11) is 0. The summed E-state index contributed by atoms with van der Waals surface area (Å²) in [6.07, 6.45) is 2.60. The molecule has 1 aliphatic heterocycles. The van der Waals surface area contributed by atoms with Gasteiger partial charge in [-0.2, -0.15) is 0 Å². The molecule has 0 aromatic heterocycles. The van der Waals surface area contributed by atoms with Gasteiger partial charge in [0.2, 0.25) is 5.91 Å². The van der Waals surface area contributed by atoms with E-state index in [0.717, 1.165) is 25.9 Å². The Morgan fingerprint density at radius 1 is 1.43 bits per heavy atom. The van der Waals surface area contributed by atoms with Crippen molar-refractivity contribution in [1.29, 1.82) is 0 Å². The van der Waals surface area contributed by atoms with Crippen molar-refractivity contribution in [3.8, 4) is 0 Å². The average molecular weight is 200 g/mol. The Morgan fingerprint density at radius 2 is 1.93 bits per heavy atom. The molecule has 14 heavy (non-hydrogen) atoms. The van der Waals surface area contributed by atoms with Crippen LogP contribution in [0.4, 0.5) is 0 Å². The lowest BCUT2D eigenvalue weighted by molar-refractivity contribution is -0.132. The predicted molar refractivity (Wildman–Crippen MR) is 60.0 cm³/mol. The highest BCUT2D eigenvalue weighted by atomic mass is 16.2. The Morgan fingerprint density at radius 3 is 2.36 bits per heavy atom. The van der Waals surface area contributed by atoms with E-state index in [2.05, 4.69) is 13.8 Å². The molecule has 1 saturated heterocycles. The van der Waals surface area contributed by atoms with Crippen LogP contribution < -0.4 is 5.73 Å². The molecule has 0 atom stereocenters. The Kier molecular flexibility index (Phi) is 5.77. The van der Waals surface area contributed by atoms with E-state index >= 15 is 0 Å². The molecular weight excluding hydrogens is 176 g/mol. The van der Waals surface area contributed by atoms with Gasteiger partial charge in [0.1, 0.15) is 0 Å². The molecule has 0 aliphatic carbocycles. The topological polar surface area (TPSA) is 46.3 Å². The highest BCUT2D eigenvalue weighted by Gasteiger charge is 2.20. The summed E-state index contributed by atoms with van der Waals surface area (Å²) in [5.41, 5.74) is 5.76. The molecule has 0 spiro atoms. The van der Waals surface area contributed by atoms with Gasteiger partial charge in [0.15, 0.2) is 0 Å². The molecule has 1 amide bonds. The molecule has 1 rings (SSSR count). The number of likely N-dealkylation sites (tertiary alicyclic amines) is 1. The van der Waals surface area contributed by atoms with Crippen LogP contribution in [-0.4, -0.2) is 29.9 Å². The van der Waals surface area contributed by atoms with E-state index in [1.165, 1.54) is 0 Å². The molecular formula is C11H24N2O. The summed E-state index contributed by atoms with van der Waals surface area (Å²) >= 11 is 0. The van der Waals surface area contributed by atoms with Crippen molar-refractivity contribution in [2.45, 2.75) is 46.6 Å². The summed E-state index contributed by atoms with van der Waals surface area (Å²) in [5.74, 6) is 0.755. The number of piperidine rings is 1. The number of carbonyl (C=O) groups is 1. The summed E-state index contributed by atoms with van der Waals surface area (Å²) in [4.78, 5) is 13.5. The summed E-state index contributed by atoms with van der Waals surface area (Å²) < 4.78 is 0. The minimum absolute atomic E-state index is 0. The number of nitrogens with two attached hydrogens (primary N) is 1. The van der Waals surface area contributed by atoms with Gasteiger partial charge in [0, 0.05) is 25.6 Å². The monoisotopic (exact) mass is 200 g/mol. The molecule has 3 nitrogen and oxygen atoms in total. The van der Waals surface area contributed by atoms with Gasteiger partial charge in [-0.3, -0.25) is 4.79 Å². The fraction of sp³-hybridized carbons (Fsp3) is 0.909. The quantitative estimate of drug-likeness (QED) is 0.736.